The predicted molar refractivity (Wildman–Crippen MR) is 135 cm³/mol. The molecular formula is C26H31N5O6. The molecule has 0 fully saturated rings. The first-order valence-electron chi connectivity index (χ1n) is 11.8. The highest BCUT2D eigenvalue weighted by Gasteiger charge is 2.28. The van der Waals surface area contributed by atoms with Crippen LogP contribution in [0.2, 0.25) is 0 Å². The number of nitrogens with two attached hydrogens (primary N) is 1. The number of fused-ring (bicyclic) bond motifs is 5. The summed E-state index contributed by atoms with van der Waals surface area (Å²) in [4.78, 5) is 62.2. The lowest BCUT2D eigenvalue weighted by Gasteiger charge is -2.23. The van der Waals surface area contributed by atoms with E-state index in [9.17, 15) is 29.1 Å². The fraction of sp³-hybridized carbons (Fsp3) is 0.346. The Morgan fingerprint density at radius 3 is 2.16 bits per heavy atom. The molecule has 4 bridgehead atoms. The number of primary amides is 1. The van der Waals surface area contributed by atoms with Gasteiger partial charge in [-0.25, -0.2) is 0 Å². The van der Waals surface area contributed by atoms with Crippen LogP contribution < -0.4 is 27.0 Å². The maximum Gasteiger partial charge on any atom is 0.243 e. The SMILES string of the molecule is CC(=O)N[C@H]1Cc2cccc(c2)-c2cc(ccc2O)C[C@@H](C(N)=O)NC(=O)[C@H](C)NC(=O)[C@H](C)NC1=O. The van der Waals surface area contributed by atoms with E-state index < -0.39 is 53.7 Å². The summed E-state index contributed by atoms with van der Waals surface area (Å²) in [5.74, 6) is -3.03. The zero-order valence-corrected chi connectivity index (χ0v) is 20.8. The van der Waals surface area contributed by atoms with Gasteiger partial charge in [-0.1, -0.05) is 30.3 Å². The van der Waals surface area contributed by atoms with Gasteiger partial charge in [0.15, 0.2) is 0 Å². The molecule has 196 valence electrons. The third-order valence-corrected chi connectivity index (χ3v) is 6.04. The fourth-order valence-corrected chi connectivity index (χ4v) is 4.04. The van der Waals surface area contributed by atoms with Gasteiger partial charge in [-0.2, -0.15) is 0 Å². The molecule has 0 saturated carbocycles. The first-order chi connectivity index (χ1) is 17.4. The lowest BCUT2D eigenvalue weighted by molar-refractivity contribution is -0.133. The minimum Gasteiger partial charge on any atom is -0.507 e. The van der Waals surface area contributed by atoms with Gasteiger partial charge >= 0.3 is 0 Å². The molecule has 3 rings (SSSR count). The number of carbonyl (C=O) groups is 5. The maximum atomic E-state index is 13.0. The molecule has 7 N–H and O–H groups in total. The lowest BCUT2D eigenvalue weighted by Crippen LogP contribution is -2.57. The molecule has 0 radical (unpaired) electrons. The summed E-state index contributed by atoms with van der Waals surface area (Å²) in [7, 11) is 0. The van der Waals surface area contributed by atoms with Gasteiger partial charge in [0.1, 0.15) is 29.9 Å². The third kappa shape index (κ3) is 7.06. The van der Waals surface area contributed by atoms with Gasteiger partial charge in [0.25, 0.3) is 0 Å². The molecule has 4 atom stereocenters. The second kappa shape index (κ2) is 11.5. The number of rotatable bonds is 2. The minimum atomic E-state index is -1.06. The van der Waals surface area contributed by atoms with Crippen LogP contribution in [0.4, 0.5) is 0 Å². The van der Waals surface area contributed by atoms with E-state index in [1.165, 1.54) is 26.8 Å². The number of amides is 5. The van der Waals surface area contributed by atoms with E-state index in [2.05, 4.69) is 21.3 Å². The normalized spacial score (nSPS) is 22.9. The molecule has 0 aliphatic carbocycles. The summed E-state index contributed by atoms with van der Waals surface area (Å²) in [6.45, 7) is 4.17. The summed E-state index contributed by atoms with van der Waals surface area (Å²) in [6, 6.07) is 7.77. The van der Waals surface area contributed by atoms with E-state index in [1.807, 2.05) is 0 Å². The Labute approximate surface area is 214 Å². The van der Waals surface area contributed by atoms with Crippen molar-refractivity contribution in [3.8, 4) is 16.9 Å². The summed E-state index contributed by atoms with van der Waals surface area (Å²) in [5, 5.41) is 20.8. The van der Waals surface area contributed by atoms with E-state index in [0.717, 1.165) is 0 Å². The summed E-state index contributed by atoms with van der Waals surface area (Å²) in [6.07, 6.45) is 0.183. The molecule has 1 aliphatic heterocycles. The Morgan fingerprint density at radius 1 is 0.892 bits per heavy atom. The molecule has 2 aromatic carbocycles. The maximum absolute atomic E-state index is 13.0. The molecule has 11 heteroatoms. The molecule has 5 amide bonds. The van der Waals surface area contributed by atoms with Crippen LogP contribution in [-0.4, -0.2) is 58.8 Å². The number of benzene rings is 2. The van der Waals surface area contributed by atoms with Crippen LogP contribution in [0.1, 0.15) is 31.9 Å². The molecule has 1 heterocycles. The van der Waals surface area contributed by atoms with Crippen molar-refractivity contribution in [1.82, 2.24) is 21.3 Å². The average molecular weight is 510 g/mol. The Kier molecular flexibility index (Phi) is 8.49. The van der Waals surface area contributed by atoms with Crippen molar-refractivity contribution in [3.63, 3.8) is 0 Å². The largest absolute Gasteiger partial charge is 0.507 e. The van der Waals surface area contributed by atoms with Gasteiger partial charge in [0, 0.05) is 25.3 Å². The van der Waals surface area contributed by atoms with Crippen molar-refractivity contribution in [2.45, 2.75) is 57.8 Å². The monoisotopic (exact) mass is 509 g/mol. The highest BCUT2D eigenvalue weighted by Crippen LogP contribution is 2.31. The van der Waals surface area contributed by atoms with Gasteiger partial charge in [-0.3, -0.25) is 24.0 Å². The predicted octanol–water partition coefficient (Wildman–Crippen LogP) is -0.358. The standard InChI is InChI=1S/C26H31N5O6/c1-13-24(35)28-14(2)25(36)31-20(23(27)34)11-17-7-8-22(33)19(10-17)18-6-4-5-16(9-18)12-21(26(37)29-13)30-15(3)32/h4-10,13-14,20-21,33H,11-12H2,1-3H3,(H2,27,34)(H,28,35)(H,29,37)(H,30,32)(H,31,36)/t13-,14-,20-,21-/m0/s1. The number of carbonyl (C=O) groups excluding carboxylic acids is 5. The quantitative estimate of drug-likeness (QED) is 0.322. The Bertz CT molecular complexity index is 1230. The number of hydrogen-bond acceptors (Lipinski definition) is 6. The summed E-state index contributed by atoms with van der Waals surface area (Å²) >= 11 is 0. The second-order valence-electron chi connectivity index (χ2n) is 9.14. The highest BCUT2D eigenvalue weighted by atomic mass is 16.3. The number of hydrogen-bond donors (Lipinski definition) is 6. The Balaban J connectivity index is 2.06. The first-order valence-corrected chi connectivity index (χ1v) is 11.8. The second-order valence-corrected chi connectivity index (χ2v) is 9.14. The molecular weight excluding hydrogens is 478 g/mol. The van der Waals surface area contributed by atoms with Crippen molar-refractivity contribution in [3.05, 3.63) is 53.6 Å². The first kappa shape index (κ1) is 27.2. The van der Waals surface area contributed by atoms with E-state index >= 15 is 0 Å². The molecule has 1 aliphatic rings. The smallest absolute Gasteiger partial charge is 0.243 e. The van der Waals surface area contributed by atoms with Gasteiger partial charge in [0.05, 0.1) is 0 Å². The molecule has 2 aromatic rings. The van der Waals surface area contributed by atoms with Crippen molar-refractivity contribution in [1.29, 1.82) is 0 Å². The number of phenols is 1. The van der Waals surface area contributed by atoms with Crippen LogP contribution >= 0.6 is 0 Å². The zero-order chi connectivity index (χ0) is 27.3. The van der Waals surface area contributed by atoms with E-state index in [0.29, 0.717) is 22.3 Å². The van der Waals surface area contributed by atoms with Crippen LogP contribution in [0.25, 0.3) is 11.1 Å². The average Bonchev–Trinajstić information content (AvgIpc) is 2.83. The zero-order valence-electron chi connectivity index (χ0n) is 20.8. The summed E-state index contributed by atoms with van der Waals surface area (Å²) < 4.78 is 0. The number of nitrogens with one attached hydrogen (secondary N) is 4. The summed E-state index contributed by atoms with van der Waals surface area (Å²) in [5.41, 5.74) is 7.97. The van der Waals surface area contributed by atoms with Crippen LogP contribution in [-0.2, 0) is 36.8 Å². The van der Waals surface area contributed by atoms with Gasteiger partial charge < -0.3 is 32.1 Å². The van der Waals surface area contributed by atoms with Gasteiger partial charge in [-0.15, -0.1) is 0 Å². The molecule has 0 aromatic heterocycles. The van der Waals surface area contributed by atoms with E-state index in [1.54, 1.807) is 36.4 Å². The number of aromatic hydroxyl groups is 1. The van der Waals surface area contributed by atoms with Crippen molar-refractivity contribution in [2.24, 2.45) is 5.73 Å². The Morgan fingerprint density at radius 2 is 1.51 bits per heavy atom. The van der Waals surface area contributed by atoms with Crippen LogP contribution in [0.3, 0.4) is 0 Å². The van der Waals surface area contributed by atoms with Crippen LogP contribution in [0, 0.1) is 0 Å². The molecule has 0 saturated heterocycles. The molecule has 11 nitrogen and oxygen atoms in total. The van der Waals surface area contributed by atoms with Crippen molar-refractivity contribution >= 4 is 29.5 Å². The van der Waals surface area contributed by atoms with Crippen LogP contribution in [0.5, 0.6) is 5.75 Å². The lowest BCUT2D eigenvalue weighted by atomic mass is 9.95. The van der Waals surface area contributed by atoms with Gasteiger partial charge in [0.2, 0.25) is 29.5 Å². The van der Waals surface area contributed by atoms with Crippen molar-refractivity contribution < 1.29 is 29.1 Å². The highest BCUT2D eigenvalue weighted by molar-refractivity contribution is 5.95. The third-order valence-electron chi connectivity index (χ3n) is 6.04. The molecule has 0 unspecified atom stereocenters. The Hall–Kier alpha value is -4.41. The van der Waals surface area contributed by atoms with Gasteiger partial charge in [-0.05, 0) is 42.7 Å². The van der Waals surface area contributed by atoms with Crippen molar-refractivity contribution in [2.75, 3.05) is 0 Å². The van der Waals surface area contributed by atoms with E-state index in [4.69, 9.17) is 5.73 Å². The minimum absolute atomic E-state index is 0.00345. The molecule has 37 heavy (non-hydrogen) atoms. The van der Waals surface area contributed by atoms with E-state index in [-0.39, 0.29) is 18.6 Å². The molecule has 0 spiro atoms. The van der Waals surface area contributed by atoms with Crippen LogP contribution in [0.15, 0.2) is 42.5 Å². The fourth-order valence-electron chi connectivity index (χ4n) is 4.04. The number of phenolic OH excluding ortho intramolecular Hbond substituents is 1. The topological polar surface area (TPSA) is 180 Å².